The molecule has 1 aromatic heterocycles. The van der Waals surface area contributed by atoms with Crippen LogP contribution in [0.15, 0.2) is 48.5 Å². The Morgan fingerprint density at radius 3 is 2.45 bits per heavy atom. The average Bonchev–Trinajstić information content (AvgIpc) is 3.15. The molecule has 0 atom stereocenters. The molecule has 2 saturated heterocycles. The van der Waals surface area contributed by atoms with Crippen molar-refractivity contribution < 1.29 is 9.47 Å². The number of morpholine rings is 1. The van der Waals surface area contributed by atoms with Gasteiger partial charge in [0.05, 0.1) is 30.1 Å². The van der Waals surface area contributed by atoms with E-state index in [1.54, 1.807) is 0 Å². The minimum Gasteiger partial charge on any atom is -0.381 e. The lowest BCUT2D eigenvalue weighted by molar-refractivity contribution is 0.0344. The molecule has 2 aliphatic rings. The zero-order valence-corrected chi connectivity index (χ0v) is 16.8. The number of aromatic amines is 1. The summed E-state index contributed by atoms with van der Waals surface area (Å²) in [6.45, 7) is 6.24. The maximum atomic E-state index is 5.56. The third kappa shape index (κ3) is 4.04. The summed E-state index contributed by atoms with van der Waals surface area (Å²) in [6.07, 6.45) is 2.12. The number of para-hydroxylation sites is 1. The van der Waals surface area contributed by atoms with Crippen molar-refractivity contribution in [2.45, 2.75) is 25.4 Å². The highest BCUT2D eigenvalue weighted by Crippen LogP contribution is 2.35. The van der Waals surface area contributed by atoms with Crippen LogP contribution < -0.4 is 5.32 Å². The second-order valence-corrected chi connectivity index (χ2v) is 7.99. The van der Waals surface area contributed by atoms with Crippen LogP contribution in [0.3, 0.4) is 0 Å². The van der Waals surface area contributed by atoms with Crippen molar-refractivity contribution in [1.82, 2.24) is 9.88 Å². The highest BCUT2D eigenvalue weighted by Gasteiger charge is 2.21. The van der Waals surface area contributed by atoms with Gasteiger partial charge in [-0.3, -0.25) is 4.90 Å². The molecule has 5 rings (SSSR count). The lowest BCUT2D eigenvalue weighted by Crippen LogP contribution is -2.35. The molecule has 0 unspecified atom stereocenters. The first-order valence-electron chi connectivity index (χ1n) is 10.7. The van der Waals surface area contributed by atoms with Crippen LogP contribution in [0.2, 0.25) is 0 Å². The van der Waals surface area contributed by atoms with Crippen LogP contribution in [0.4, 0.5) is 5.69 Å². The van der Waals surface area contributed by atoms with Gasteiger partial charge < -0.3 is 19.8 Å². The highest BCUT2D eigenvalue weighted by molar-refractivity contribution is 5.98. The maximum absolute atomic E-state index is 5.56. The Bertz CT molecular complexity index is 941. The minimum absolute atomic E-state index is 0.473. The topological polar surface area (TPSA) is 49.5 Å². The van der Waals surface area contributed by atoms with Crippen molar-refractivity contribution in [3.8, 4) is 11.3 Å². The molecular weight excluding hydrogens is 362 g/mol. The summed E-state index contributed by atoms with van der Waals surface area (Å²) in [7, 11) is 0. The van der Waals surface area contributed by atoms with E-state index < -0.39 is 0 Å². The van der Waals surface area contributed by atoms with Crippen molar-refractivity contribution >= 4 is 16.6 Å². The predicted octanol–water partition coefficient (Wildman–Crippen LogP) is 4.26. The summed E-state index contributed by atoms with van der Waals surface area (Å²) in [5.41, 5.74) is 6.25. The summed E-state index contributed by atoms with van der Waals surface area (Å²) in [5, 5.41) is 5.09. The van der Waals surface area contributed by atoms with Gasteiger partial charge in [-0.05, 0) is 30.0 Å². The molecule has 5 nitrogen and oxygen atoms in total. The SMILES string of the molecule is c1ccc(-c2[nH]c3c(NC4CCOCC4)cccc3c2CN2CCOCC2)cc1. The molecule has 0 radical (unpaired) electrons. The van der Waals surface area contributed by atoms with E-state index in [0.717, 1.165) is 58.9 Å². The highest BCUT2D eigenvalue weighted by atomic mass is 16.5. The fourth-order valence-corrected chi connectivity index (χ4v) is 4.45. The Balaban J connectivity index is 1.55. The lowest BCUT2D eigenvalue weighted by atomic mass is 10.0. The standard InChI is InChI=1S/C24H29N3O2/c1-2-5-18(6-3-1)23-21(17-27-11-15-29-16-12-27)20-7-4-8-22(24(20)26-23)25-19-9-13-28-14-10-19/h1-8,19,25-26H,9-17H2. The summed E-state index contributed by atoms with van der Waals surface area (Å²) in [4.78, 5) is 6.27. The first-order chi connectivity index (χ1) is 14.4. The van der Waals surface area contributed by atoms with E-state index in [4.69, 9.17) is 9.47 Å². The fraction of sp³-hybridized carbons (Fsp3) is 0.417. The first-order valence-corrected chi connectivity index (χ1v) is 10.7. The van der Waals surface area contributed by atoms with Crippen molar-refractivity contribution in [1.29, 1.82) is 0 Å². The Kier molecular flexibility index (Phi) is 5.52. The minimum atomic E-state index is 0.473. The van der Waals surface area contributed by atoms with Gasteiger partial charge in [0, 0.05) is 44.3 Å². The van der Waals surface area contributed by atoms with E-state index in [1.807, 2.05) is 0 Å². The number of anilines is 1. The number of fused-ring (bicyclic) bond motifs is 1. The number of nitrogens with zero attached hydrogens (tertiary/aromatic N) is 1. The molecule has 2 fully saturated rings. The van der Waals surface area contributed by atoms with Gasteiger partial charge in [-0.25, -0.2) is 0 Å². The molecule has 152 valence electrons. The second-order valence-electron chi connectivity index (χ2n) is 7.99. The molecule has 0 amide bonds. The number of H-pyrrole nitrogens is 1. The molecule has 2 aliphatic heterocycles. The van der Waals surface area contributed by atoms with Gasteiger partial charge in [-0.2, -0.15) is 0 Å². The first kappa shape index (κ1) is 18.7. The van der Waals surface area contributed by atoms with Crippen LogP contribution in [-0.4, -0.2) is 55.4 Å². The number of hydrogen-bond acceptors (Lipinski definition) is 4. The lowest BCUT2D eigenvalue weighted by Gasteiger charge is -2.27. The third-order valence-corrected chi connectivity index (χ3v) is 6.07. The molecule has 3 heterocycles. The second kappa shape index (κ2) is 8.57. The van der Waals surface area contributed by atoms with Gasteiger partial charge in [-0.1, -0.05) is 42.5 Å². The van der Waals surface area contributed by atoms with E-state index >= 15 is 0 Å². The van der Waals surface area contributed by atoms with Gasteiger partial charge in [0.25, 0.3) is 0 Å². The number of hydrogen-bond donors (Lipinski definition) is 2. The van der Waals surface area contributed by atoms with Gasteiger partial charge >= 0.3 is 0 Å². The quantitative estimate of drug-likeness (QED) is 0.682. The van der Waals surface area contributed by atoms with Crippen LogP contribution >= 0.6 is 0 Å². The van der Waals surface area contributed by atoms with Crippen molar-refractivity contribution in [3.05, 3.63) is 54.1 Å². The third-order valence-electron chi connectivity index (χ3n) is 6.07. The molecule has 0 saturated carbocycles. The Hall–Kier alpha value is -2.34. The number of benzene rings is 2. The zero-order chi connectivity index (χ0) is 19.5. The van der Waals surface area contributed by atoms with E-state index in [-0.39, 0.29) is 0 Å². The van der Waals surface area contributed by atoms with Crippen molar-refractivity contribution in [2.24, 2.45) is 0 Å². The summed E-state index contributed by atoms with van der Waals surface area (Å²) in [6, 6.07) is 17.8. The summed E-state index contributed by atoms with van der Waals surface area (Å²) < 4.78 is 11.1. The Morgan fingerprint density at radius 2 is 1.66 bits per heavy atom. The monoisotopic (exact) mass is 391 g/mol. The molecule has 29 heavy (non-hydrogen) atoms. The van der Waals surface area contributed by atoms with Crippen molar-refractivity contribution in [2.75, 3.05) is 44.8 Å². The molecule has 5 heteroatoms. The smallest absolute Gasteiger partial charge is 0.0697 e. The molecule has 3 aromatic rings. The number of rotatable bonds is 5. The number of ether oxygens (including phenoxy) is 2. The van der Waals surface area contributed by atoms with Crippen LogP contribution in [0.5, 0.6) is 0 Å². The average molecular weight is 392 g/mol. The number of nitrogens with one attached hydrogen (secondary N) is 2. The molecule has 2 N–H and O–H groups in total. The van der Waals surface area contributed by atoms with E-state index in [9.17, 15) is 0 Å². The van der Waals surface area contributed by atoms with Crippen LogP contribution in [-0.2, 0) is 16.0 Å². The maximum Gasteiger partial charge on any atom is 0.0697 e. The van der Waals surface area contributed by atoms with Gasteiger partial charge in [0.15, 0.2) is 0 Å². The zero-order valence-electron chi connectivity index (χ0n) is 16.8. The van der Waals surface area contributed by atoms with Crippen LogP contribution in [0.25, 0.3) is 22.2 Å². The fourth-order valence-electron chi connectivity index (χ4n) is 4.45. The van der Waals surface area contributed by atoms with Gasteiger partial charge in [0.1, 0.15) is 0 Å². The summed E-state index contributed by atoms with van der Waals surface area (Å²) >= 11 is 0. The normalized spacial score (nSPS) is 18.9. The largest absolute Gasteiger partial charge is 0.381 e. The van der Waals surface area contributed by atoms with Gasteiger partial charge in [0.2, 0.25) is 0 Å². The Morgan fingerprint density at radius 1 is 0.897 bits per heavy atom. The number of aromatic nitrogens is 1. The summed E-state index contributed by atoms with van der Waals surface area (Å²) in [5.74, 6) is 0. The van der Waals surface area contributed by atoms with Crippen LogP contribution in [0, 0.1) is 0 Å². The van der Waals surface area contributed by atoms with E-state index in [1.165, 1.54) is 33.4 Å². The van der Waals surface area contributed by atoms with E-state index in [0.29, 0.717) is 6.04 Å². The van der Waals surface area contributed by atoms with Gasteiger partial charge in [-0.15, -0.1) is 0 Å². The van der Waals surface area contributed by atoms with Crippen molar-refractivity contribution in [3.63, 3.8) is 0 Å². The van der Waals surface area contributed by atoms with Crippen LogP contribution in [0.1, 0.15) is 18.4 Å². The molecular formula is C24H29N3O2. The predicted molar refractivity (Wildman–Crippen MR) is 117 cm³/mol. The molecule has 2 aromatic carbocycles. The Labute approximate surface area is 172 Å². The molecule has 0 aliphatic carbocycles. The molecule has 0 bridgehead atoms. The molecule has 0 spiro atoms. The van der Waals surface area contributed by atoms with E-state index in [2.05, 4.69) is 63.7 Å².